The molecule has 0 bridgehead atoms. The first kappa shape index (κ1) is 19.7. The van der Waals surface area contributed by atoms with Gasteiger partial charge in [-0.2, -0.15) is 31.3 Å². The van der Waals surface area contributed by atoms with E-state index >= 15 is 0 Å². The topological polar surface area (TPSA) is 261 Å². The Hall–Kier alpha value is -5.58. The molecule has 0 fully saturated rings. The van der Waals surface area contributed by atoms with E-state index in [2.05, 4.69) is 55.9 Å². The third kappa shape index (κ3) is 3.33. The molecule has 0 spiro atoms. The molecule has 0 saturated carbocycles. The van der Waals surface area contributed by atoms with Crippen molar-refractivity contribution in [3.63, 3.8) is 0 Å². The van der Waals surface area contributed by atoms with Gasteiger partial charge >= 0.3 is 0 Å². The molecule has 150 valence electrons. The quantitative estimate of drug-likeness (QED) is 0.726. The zero-order chi connectivity index (χ0) is 22.7. The summed E-state index contributed by atoms with van der Waals surface area (Å²) >= 11 is 0. The van der Waals surface area contributed by atoms with Crippen molar-refractivity contribution in [1.29, 1.82) is 21.0 Å². The number of nitrogens with two attached hydrogens (primary N) is 1. The van der Waals surface area contributed by atoms with E-state index in [1.54, 1.807) is 0 Å². The molecular formula is C16H6N16. The Labute approximate surface area is 177 Å². The van der Waals surface area contributed by atoms with Gasteiger partial charge in [-0.3, -0.25) is 5.10 Å². The van der Waals surface area contributed by atoms with Crippen LogP contribution in [-0.4, -0.2) is 33.9 Å². The molecule has 16 heteroatoms. The van der Waals surface area contributed by atoms with Crippen LogP contribution in [0.3, 0.4) is 0 Å². The van der Waals surface area contributed by atoms with Crippen LogP contribution in [0.2, 0.25) is 0 Å². The maximum absolute atomic E-state index is 9.51. The summed E-state index contributed by atoms with van der Waals surface area (Å²) in [4.78, 5) is 12.1. The summed E-state index contributed by atoms with van der Waals surface area (Å²) in [6.45, 7) is 0. The molecule has 3 N–H and O–H groups in total. The third-order valence-corrected chi connectivity index (χ3v) is 4.03. The van der Waals surface area contributed by atoms with Gasteiger partial charge in [0.15, 0.2) is 35.0 Å². The number of amidine groups is 3. The Morgan fingerprint density at radius 3 is 2.12 bits per heavy atom. The summed E-state index contributed by atoms with van der Waals surface area (Å²) < 4.78 is 0. The Kier molecular flexibility index (Phi) is 4.96. The van der Waals surface area contributed by atoms with Gasteiger partial charge in [0.25, 0.3) is 0 Å². The molecule has 1 aromatic heterocycles. The van der Waals surface area contributed by atoms with Crippen molar-refractivity contribution >= 4 is 23.3 Å². The first-order valence-corrected chi connectivity index (χ1v) is 8.48. The number of nitriles is 4. The van der Waals surface area contributed by atoms with Crippen LogP contribution < -0.4 is 5.73 Å². The van der Waals surface area contributed by atoms with Crippen LogP contribution in [0.25, 0.3) is 0 Å². The molecular weight excluding hydrogens is 416 g/mol. The van der Waals surface area contributed by atoms with Crippen LogP contribution in [-0.2, 0) is 0 Å². The summed E-state index contributed by atoms with van der Waals surface area (Å²) in [5, 5.41) is 66.0. The molecule has 0 saturated heterocycles. The zero-order valence-electron chi connectivity index (χ0n) is 15.6. The van der Waals surface area contributed by atoms with Gasteiger partial charge in [-0.25, -0.2) is 15.0 Å². The lowest BCUT2D eigenvalue weighted by molar-refractivity contribution is 0.662. The average Bonchev–Trinajstić information content (AvgIpc) is 3.57. The van der Waals surface area contributed by atoms with Gasteiger partial charge in [0, 0.05) is 6.20 Å². The van der Waals surface area contributed by atoms with Crippen molar-refractivity contribution in [2.24, 2.45) is 57.3 Å². The van der Waals surface area contributed by atoms with E-state index in [0.717, 1.165) is 0 Å². The first-order chi connectivity index (χ1) is 15.6. The Morgan fingerprint density at radius 2 is 1.50 bits per heavy atom. The second-order valence-corrected chi connectivity index (χ2v) is 5.91. The smallest absolute Gasteiger partial charge is 0.198 e. The fraction of sp³-hybridized carbons (Fsp3) is 0.125. The van der Waals surface area contributed by atoms with Gasteiger partial charge in [-0.1, -0.05) is 0 Å². The molecule has 2 unspecified atom stereocenters. The number of H-pyrrole nitrogens is 1. The molecule has 2 atom stereocenters. The van der Waals surface area contributed by atoms with E-state index in [1.807, 2.05) is 24.3 Å². The fourth-order valence-corrected chi connectivity index (χ4v) is 2.50. The van der Waals surface area contributed by atoms with Crippen LogP contribution in [0.4, 0.5) is 5.82 Å². The van der Waals surface area contributed by atoms with Crippen LogP contribution in [0.15, 0.2) is 74.6 Å². The number of aromatic amines is 1. The number of hydrogen-bond donors (Lipinski definition) is 2. The van der Waals surface area contributed by atoms with Gasteiger partial charge in [-0.05, 0) is 0 Å². The van der Waals surface area contributed by atoms with E-state index in [9.17, 15) is 10.5 Å². The van der Waals surface area contributed by atoms with Gasteiger partial charge in [0.2, 0.25) is 0 Å². The summed E-state index contributed by atoms with van der Waals surface area (Å²) in [6.07, 6.45) is 0.467. The van der Waals surface area contributed by atoms with Gasteiger partial charge in [-0.15, -0.1) is 25.6 Å². The summed E-state index contributed by atoms with van der Waals surface area (Å²) in [7, 11) is 0. The minimum atomic E-state index is -0.894. The molecule has 3 aliphatic rings. The highest BCUT2D eigenvalue weighted by atomic mass is 15.3. The molecule has 16 nitrogen and oxygen atoms in total. The highest BCUT2D eigenvalue weighted by Gasteiger charge is 2.31. The van der Waals surface area contributed by atoms with Crippen molar-refractivity contribution < 1.29 is 0 Å². The van der Waals surface area contributed by atoms with Gasteiger partial charge in [0.05, 0.1) is 6.07 Å². The summed E-state index contributed by atoms with van der Waals surface area (Å²) in [5.41, 5.74) is 5.52. The average molecular weight is 422 g/mol. The Balaban J connectivity index is 1.71. The maximum atomic E-state index is 9.51. The van der Waals surface area contributed by atoms with E-state index < -0.39 is 12.1 Å². The van der Waals surface area contributed by atoms with E-state index in [0.29, 0.717) is 0 Å². The van der Waals surface area contributed by atoms with Gasteiger partial charge in [0.1, 0.15) is 47.0 Å². The highest BCUT2D eigenvalue weighted by molar-refractivity contribution is 6.08. The molecule has 32 heavy (non-hydrogen) atoms. The van der Waals surface area contributed by atoms with E-state index in [1.165, 1.54) is 6.20 Å². The van der Waals surface area contributed by atoms with Crippen LogP contribution in [0.1, 0.15) is 5.56 Å². The number of aliphatic imine (C=N–C) groups is 3. The minimum Gasteiger partial charge on any atom is -0.307 e. The lowest BCUT2D eigenvalue weighted by Crippen LogP contribution is -2.27. The molecule has 3 aliphatic heterocycles. The highest BCUT2D eigenvalue weighted by Crippen LogP contribution is 2.27. The number of aromatic nitrogens is 2. The van der Waals surface area contributed by atoms with E-state index in [4.69, 9.17) is 16.3 Å². The van der Waals surface area contributed by atoms with Crippen molar-refractivity contribution in [2.45, 2.75) is 6.17 Å². The molecule has 4 rings (SSSR count). The molecule has 0 radical (unpaired) electrons. The van der Waals surface area contributed by atoms with Crippen LogP contribution in [0.5, 0.6) is 0 Å². The normalized spacial score (nSPS) is 25.1. The standard InChI is InChI=1S/C16H6N16/c17-1-6-5-22-27-11(6)23-13-8(3-19)15(31-29-13)25-16-9(4-20)14(30-32-16)24-12-7(2-18)10(21)26-28-12/h5,7,10H,21H2,(H,22,27)/b23-13-,24-12-,25-16-. The van der Waals surface area contributed by atoms with Gasteiger partial charge < -0.3 is 5.73 Å². The van der Waals surface area contributed by atoms with Crippen molar-refractivity contribution in [1.82, 2.24) is 10.2 Å². The number of rotatable bonds is 3. The molecule has 0 aliphatic carbocycles. The Morgan fingerprint density at radius 1 is 0.844 bits per heavy atom. The fourth-order valence-electron chi connectivity index (χ4n) is 2.50. The molecule has 0 amide bonds. The van der Waals surface area contributed by atoms with Crippen molar-refractivity contribution in [3.05, 3.63) is 34.5 Å². The summed E-state index contributed by atoms with van der Waals surface area (Å²) in [6, 6.07) is 7.54. The van der Waals surface area contributed by atoms with Crippen molar-refractivity contribution in [3.8, 4) is 24.3 Å². The van der Waals surface area contributed by atoms with Crippen LogP contribution >= 0.6 is 0 Å². The summed E-state index contributed by atoms with van der Waals surface area (Å²) in [5.74, 6) is -1.50. The Bertz CT molecular complexity index is 1430. The predicted octanol–water partition coefficient (Wildman–Crippen LogP) is 1.40. The molecule has 4 heterocycles. The second kappa shape index (κ2) is 8.04. The number of azo groups is 3. The third-order valence-electron chi connectivity index (χ3n) is 4.03. The monoisotopic (exact) mass is 422 g/mol. The zero-order valence-corrected chi connectivity index (χ0v) is 15.6. The SMILES string of the molecule is N#CC1=C(/N=C2\N=NC(N)C2C#N)N=N/C1=N\C1=C(C#N)C(=N/c2n[nH]cc2C#N)/N=N1. The minimum absolute atomic E-state index is 0.0119. The largest absolute Gasteiger partial charge is 0.307 e. The predicted molar refractivity (Wildman–Crippen MR) is 102 cm³/mol. The number of hydrogen-bond acceptors (Lipinski definition) is 12. The van der Waals surface area contributed by atoms with E-state index in [-0.39, 0.29) is 51.7 Å². The maximum Gasteiger partial charge on any atom is 0.198 e. The molecule has 0 aromatic carbocycles. The lowest BCUT2D eigenvalue weighted by atomic mass is 10.1. The number of nitrogens with one attached hydrogen (secondary N) is 1. The number of nitrogens with zero attached hydrogens (tertiary/aromatic N) is 14. The second-order valence-electron chi connectivity index (χ2n) is 5.91. The van der Waals surface area contributed by atoms with Crippen LogP contribution in [0, 0.1) is 51.2 Å². The lowest BCUT2D eigenvalue weighted by Gasteiger charge is -2.01. The first-order valence-electron chi connectivity index (χ1n) is 8.48. The van der Waals surface area contributed by atoms with Crippen molar-refractivity contribution in [2.75, 3.05) is 0 Å². The molecule has 1 aromatic rings.